The standard InChI is InChI=1S/C9H18N2O3/c1-14-5-7(4-12)11-8(13)9(6-10)2-3-9/h7,12H,2-6,10H2,1H3,(H,11,13). The molecule has 0 spiro atoms. The van der Waals surface area contributed by atoms with Crippen molar-refractivity contribution in [3.05, 3.63) is 0 Å². The third-order valence-corrected chi connectivity index (χ3v) is 2.65. The Morgan fingerprint density at radius 3 is 2.71 bits per heavy atom. The Bertz CT molecular complexity index is 204. The number of hydrogen-bond donors (Lipinski definition) is 3. The number of aliphatic hydroxyl groups is 1. The summed E-state index contributed by atoms with van der Waals surface area (Å²) in [6, 6.07) is -0.323. The van der Waals surface area contributed by atoms with Crippen molar-refractivity contribution in [1.29, 1.82) is 0 Å². The van der Waals surface area contributed by atoms with Gasteiger partial charge in [-0.05, 0) is 12.8 Å². The summed E-state index contributed by atoms with van der Waals surface area (Å²) >= 11 is 0. The minimum Gasteiger partial charge on any atom is -0.394 e. The van der Waals surface area contributed by atoms with Crippen molar-refractivity contribution in [3.8, 4) is 0 Å². The van der Waals surface area contributed by atoms with Gasteiger partial charge in [0.15, 0.2) is 0 Å². The summed E-state index contributed by atoms with van der Waals surface area (Å²) in [6.07, 6.45) is 1.70. The molecule has 0 heterocycles. The zero-order valence-electron chi connectivity index (χ0n) is 8.45. The quantitative estimate of drug-likeness (QED) is 0.507. The SMILES string of the molecule is COCC(CO)NC(=O)C1(CN)CC1. The molecule has 82 valence electrons. The van der Waals surface area contributed by atoms with E-state index in [1.165, 1.54) is 7.11 Å². The molecular formula is C9H18N2O3. The molecule has 1 atom stereocenters. The summed E-state index contributed by atoms with van der Waals surface area (Å²) in [6.45, 7) is 0.590. The summed E-state index contributed by atoms with van der Waals surface area (Å²) in [4.78, 5) is 11.6. The second kappa shape index (κ2) is 4.72. The highest BCUT2D eigenvalue weighted by atomic mass is 16.5. The normalized spacial score (nSPS) is 20.2. The summed E-state index contributed by atoms with van der Waals surface area (Å²) in [5.74, 6) is -0.0592. The van der Waals surface area contributed by atoms with Gasteiger partial charge in [0.25, 0.3) is 0 Å². The maximum Gasteiger partial charge on any atom is 0.227 e. The maximum absolute atomic E-state index is 11.6. The van der Waals surface area contributed by atoms with Crippen molar-refractivity contribution in [2.75, 3.05) is 26.9 Å². The summed E-state index contributed by atoms with van der Waals surface area (Å²) < 4.78 is 4.86. The lowest BCUT2D eigenvalue weighted by molar-refractivity contribution is -0.127. The Labute approximate surface area is 83.6 Å². The highest BCUT2D eigenvalue weighted by molar-refractivity contribution is 5.85. The molecule has 5 heteroatoms. The van der Waals surface area contributed by atoms with Crippen molar-refractivity contribution in [3.63, 3.8) is 0 Å². The average molecular weight is 202 g/mol. The molecule has 0 aliphatic heterocycles. The highest BCUT2D eigenvalue weighted by Crippen LogP contribution is 2.44. The molecule has 1 unspecified atom stereocenters. The van der Waals surface area contributed by atoms with Crippen LogP contribution in [0.2, 0.25) is 0 Å². The molecule has 14 heavy (non-hydrogen) atoms. The van der Waals surface area contributed by atoms with Gasteiger partial charge in [0.05, 0.1) is 24.7 Å². The van der Waals surface area contributed by atoms with Crippen LogP contribution in [0.3, 0.4) is 0 Å². The molecule has 0 radical (unpaired) electrons. The molecule has 1 aliphatic carbocycles. The van der Waals surface area contributed by atoms with Gasteiger partial charge in [-0.3, -0.25) is 4.79 Å². The first kappa shape index (κ1) is 11.4. The van der Waals surface area contributed by atoms with E-state index in [0.717, 1.165) is 12.8 Å². The third-order valence-electron chi connectivity index (χ3n) is 2.65. The van der Waals surface area contributed by atoms with E-state index in [2.05, 4.69) is 5.32 Å². The molecule has 5 nitrogen and oxygen atoms in total. The van der Waals surface area contributed by atoms with Gasteiger partial charge >= 0.3 is 0 Å². The van der Waals surface area contributed by atoms with Crippen molar-refractivity contribution >= 4 is 5.91 Å². The van der Waals surface area contributed by atoms with Crippen LogP contribution >= 0.6 is 0 Å². The lowest BCUT2D eigenvalue weighted by Crippen LogP contribution is -2.46. The smallest absolute Gasteiger partial charge is 0.227 e. The van der Waals surface area contributed by atoms with Gasteiger partial charge in [0.1, 0.15) is 0 Å². The van der Waals surface area contributed by atoms with Gasteiger partial charge in [0.2, 0.25) is 5.91 Å². The zero-order valence-corrected chi connectivity index (χ0v) is 8.45. The number of carbonyl (C=O) groups excluding carboxylic acids is 1. The zero-order chi connectivity index (χ0) is 10.6. The number of methoxy groups -OCH3 is 1. The van der Waals surface area contributed by atoms with Crippen LogP contribution in [0.15, 0.2) is 0 Å². The number of ether oxygens (including phenoxy) is 1. The van der Waals surface area contributed by atoms with Crippen LogP contribution in [-0.2, 0) is 9.53 Å². The second-order valence-electron chi connectivity index (χ2n) is 3.79. The molecular weight excluding hydrogens is 184 g/mol. The Morgan fingerprint density at radius 2 is 2.36 bits per heavy atom. The number of nitrogens with two attached hydrogens (primary N) is 1. The first-order chi connectivity index (χ1) is 6.68. The molecule has 0 bridgehead atoms. The molecule has 0 saturated heterocycles. The lowest BCUT2D eigenvalue weighted by atomic mass is 10.1. The number of nitrogens with one attached hydrogen (secondary N) is 1. The predicted molar refractivity (Wildman–Crippen MR) is 51.6 cm³/mol. The molecule has 1 aliphatic rings. The van der Waals surface area contributed by atoms with E-state index in [1.807, 2.05) is 0 Å². The fourth-order valence-corrected chi connectivity index (χ4v) is 1.35. The van der Waals surface area contributed by atoms with Gasteiger partial charge in [-0.15, -0.1) is 0 Å². The second-order valence-corrected chi connectivity index (χ2v) is 3.79. The Balaban J connectivity index is 2.38. The van der Waals surface area contributed by atoms with Crippen LogP contribution < -0.4 is 11.1 Å². The first-order valence-electron chi connectivity index (χ1n) is 4.79. The fraction of sp³-hybridized carbons (Fsp3) is 0.889. The fourth-order valence-electron chi connectivity index (χ4n) is 1.35. The molecule has 4 N–H and O–H groups in total. The van der Waals surface area contributed by atoms with E-state index in [-0.39, 0.29) is 24.0 Å². The number of aliphatic hydroxyl groups excluding tert-OH is 1. The number of rotatable bonds is 6. The van der Waals surface area contributed by atoms with E-state index in [4.69, 9.17) is 15.6 Å². The molecule has 0 aromatic rings. The topological polar surface area (TPSA) is 84.6 Å². The van der Waals surface area contributed by atoms with Crippen LogP contribution in [0.5, 0.6) is 0 Å². The van der Waals surface area contributed by atoms with Crippen LogP contribution in [-0.4, -0.2) is 43.9 Å². The van der Waals surface area contributed by atoms with Crippen LogP contribution in [0, 0.1) is 5.41 Å². The maximum atomic E-state index is 11.6. The van der Waals surface area contributed by atoms with Crippen molar-refractivity contribution in [2.24, 2.45) is 11.1 Å². The average Bonchev–Trinajstić information content (AvgIpc) is 2.97. The van der Waals surface area contributed by atoms with Crippen molar-refractivity contribution in [1.82, 2.24) is 5.32 Å². The van der Waals surface area contributed by atoms with Crippen molar-refractivity contribution < 1.29 is 14.6 Å². The molecule has 1 fully saturated rings. The summed E-state index contributed by atoms with van der Waals surface area (Å²) in [5, 5.41) is 11.7. The molecule has 0 aromatic heterocycles. The molecule has 1 saturated carbocycles. The molecule has 1 amide bonds. The molecule has 1 rings (SSSR count). The largest absolute Gasteiger partial charge is 0.394 e. The van der Waals surface area contributed by atoms with Gasteiger partial charge in [0, 0.05) is 13.7 Å². The van der Waals surface area contributed by atoms with E-state index in [9.17, 15) is 4.79 Å². The van der Waals surface area contributed by atoms with Gasteiger partial charge in [-0.25, -0.2) is 0 Å². The van der Waals surface area contributed by atoms with E-state index < -0.39 is 0 Å². The van der Waals surface area contributed by atoms with E-state index >= 15 is 0 Å². The third kappa shape index (κ3) is 2.43. The Morgan fingerprint density at radius 1 is 1.71 bits per heavy atom. The molecule has 0 aromatic carbocycles. The van der Waals surface area contributed by atoms with E-state index in [1.54, 1.807) is 0 Å². The first-order valence-corrected chi connectivity index (χ1v) is 4.79. The monoisotopic (exact) mass is 202 g/mol. The predicted octanol–water partition coefficient (Wildman–Crippen LogP) is -1.15. The number of hydrogen-bond acceptors (Lipinski definition) is 4. The van der Waals surface area contributed by atoms with Crippen molar-refractivity contribution in [2.45, 2.75) is 18.9 Å². The summed E-state index contributed by atoms with van der Waals surface area (Å²) in [7, 11) is 1.53. The van der Waals surface area contributed by atoms with Gasteiger partial charge in [-0.1, -0.05) is 0 Å². The van der Waals surface area contributed by atoms with Gasteiger partial charge in [-0.2, -0.15) is 0 Å². The minimum absolute atomic E-state index is 0.0592. The minimum atomic E-state index is -0.360. The number of amides is 1. The highest BCUT2D eigenvalue weighted by Gasteiger charge is 2.48. The lowest BCUT2D eigenvalue weighted by Gasteiger charge is -2.19. The van der Waals surface area contributed by atoms with Crippen LogP contribution in [0.25, 0.3) is 0 Å². The van der Waals surface area contributed by atoms with Crippen LogP contribution in [0.4, 0.5) is 0 Å². The van der Waals surface area contributed by atoms with Gasteiger partial charge < -0.3 is 20.9 Å². The Kier molecular flexibility index (Phi) is 3.86. The number of carbonyl (C=O) groups is 1. The summed E-state index contributed by atoms with van der Waals surface area (Å²) in [5.41, 5.74) is 5.15. The Hall–Kier alpha value is -0.650. The van der Waals surface area contributed by atoms with E-state index in [0.29, 0.717) is 13.2 Å². The van der Waals surface area contributed by atoms with Crippen LogP contribution in [0.1, 0.15) is 12.8 Å².